The van der Waals surface area contributed by atoms with Gasteiger partial charge in [0.05, 0.1) is 18.7 Å². The standard InChI is InChI=1S/C20H26N6O/c1-13-9-14(2)12-26(11-13)20-23-18(17-10-21-25(3)19(17)24-20)22-15-5-7-16(27-4)8-6-15/h5-8,10,13-14H,9,11-12H2,1-4H3,(H,22,23,24). The normalized spacial score (nSPS) is 20.1. The van der Waals surface area contributed by atoms with Gasteiger partial charge in [0.2, 0.25) is 5.95 Å². The first-order chi connectivity index (χ1) is 13.0. The van der Waals surface area contributed by atoms with Gasteiger partial charge in [0, 0.05) is 25.8 Å². The third-order valence-electron chi connectivity index (χ3n) is 5.08. The van der Waals surface area contributed by atoms with Crippen molar-refractivity contribution in [1.29, 1.82) is 0 Å². The third-order valence-corrected chi connectivity index (χ3v) is 5.08. The molecule has 2 atom stereocenters. The fourth-order valence-corrected chi connectivity index (χ4v) is 3.88. The van der Waals surface area contributed by atoms with Crippen LogP contribution >= 0.6 is 0 Å². The molecular formula is C20H26N6O. The molecule has 1 fully saturated rings. The molecule has 7 nitrogen and oxygen atoms in total. The minimum Gasteiger partial charge on any atom is -0.497 e. The second kappa shape index (κ2) is 7.06. The smallest absolute Gasteiger partial charge is 0.229 e. The zero-order valence-electron chi connectivity index (χ0n) is 16.3. The van der Waals surface area contributed by atoms with Gasteiger partial charge in [0.15, 0.2) is 5.65 Å². The molecule has 2 aromatic heterocycles. The predicted octanol–water partition coefficient (Wildman–Crippen LogP) is 3.60. The van der Waals surface area contributed by atoms with E-state index in [-0.39, 0.29) is 0 Å². The second-order valence-electron chi connectivity index (χ2n) is 7.58. The van der Waals surface area contributed by atoms with E-state index in [4.69, 9.17) is 14.7 Å². The Balaban J connectivity index is 1.72. The van der Waals surface area contributed by atoms with Crippen LogP contribution in [0.3, 0.4) is 0 Å². The van der Waals surface area contributed by atoms with E-state index >= 15 is 0 Å². The number of hydrogen-bond donors (Lipinski definition) is 1. The largest absolute Gasteiger partial charge is 0.497 e. The number of anilines is 3. The van der Waals surface area contributed by atoms with Gasteiger partial charge < -0.3 is 15.0 Å². The molecule has 0 spiro atoms. The number of ether oxygens (including phenoxy) is 1. The molecular weight excluding hydrogens is 340 g/mol. The van der Waals surface area contributed by atoms with Gasteiger partial charge in [-0.25, -0.2) is 0 Å². The zero-order valence-corrected chi connectivity index (χ0v) is 16.3. The molecule has 0 bridgehead atoms. The van der Waals surface area contributed by atoms with E-state index in [9.17, 15) is 0 Å². The molecule has 0 amide bonds. The number of nitrogens with zero attached hydrogens (tertiary/aromatic N) is 5. The molecule has 4 rings (SSSR count). The van der Waals surface area contributed by atoms with E-state index in [1.54, 1.807) is 11.8 Å². The van der Waals surface area contributed by atoms with Gasteiger partial charge in [-0.05, 0) is 42.5 Å². The monoisotopic (exact) mass is 366 g/mol. The maximum atomic E-state index is 5.24. The number of benzene rings is 1. The number of nitrogens with one attached hydrogen (secondary N) is 1. The molecule has 1 saturated heterocycles. The number of piperidine rings is 1. The maximum Gasteiger partial charge on any atom is 0.229 e. The summed E-state index contributed by atoms with van der Waals surface area (Å²) in [7, 11) is 3.58. The lowest BCUT2D eigenvalue weighted by molar-refractivity contribution is 0.354. The number of aromatic nitrogens is 4. The van der Waals surface area contributed by atoms with Gasteiger partial charge in [0.1, 0.15) is 11.6 Å². The van der Waals surface area contributed by atoms with E-state index in [1.165, 1.54) is 6.42 Å². The summed E-state index contributed by atoms with van der Waals surface area (Å²) in [5, 5.41) is 8.72. The van der Waals surface area contributed by atoms with Gasteiger partial charge in [-0.2, -0.15) is 15.1 Å². The van der Waals surface area contributed by atoms with Crippen molar-refractivity contribution >= 4 is 28.5 Å². The van der Waals surface area contributed by atoms with E-state index in [2.05, 4.69) is 29.2 Å². The molecule has 3 aromatic rings. The van der Waals surface area contributed by atoms with Crippen molar-refractivity contribution in [3.63, 3.8) is 0 Å². The topological polar surface area (TPSA) is 68.1 Å². The molecule has 0 radical (unpaired) electrons. The molecule has 0 saturated carbocycles. The Morgan fingerprint density at radius 3 is 2.44 bits per heavy atom. The first kappa shape index (κ1) is 17.6. The SMILES string of the molecule is COc1ccc(Nc2nc(N3CC(C)CC(C)C3)nc3c2cnn3C)cc1. The van der Waals surface area contributed by atoms with E-state index in [0.717, 1.165) is 47.3 Å². The average molecular weight is 366 g/mol. The van der Waals surface area contributed by atoms with Gasteiger partial charge in [-0.15, -0.1) is 0 Å². The Bertz CT molecular complexity index is 926. The molecule has 142 valence electrons. The van der Waals surface area contributed by atoms with Crippen LogP contribution in [0.25, 0.3) is 11.0 Å². The van der Waals surface area contributed by atoms with Crippen molar-refractivity contribution in [2.24, 2.45) is 18.9 Å². The van der Waals surface area contributed by atoms with Crippen molar-refractivity contribution in [1.82, 2.24) is 19.7 Å². The van der Waals surface area contributed by atoms with Crippen LogP contribution in [-0.2, 0) is 7.05 Å². The van der Waals surface area contributed by atoms with Crippen LogP contribution in [0.15, 0.2) is 30.5 Å². The van der Waals surface area contributed by atoms with Gasteiger partial charge >= 0.3 is 0 Å². The Hall–Kier alpha value is -2.83. The Labute approximate surface area is 159 Å². The molecule has 0 aliphatic carbocycles. The van der Waals surface area contributed by atoms with E-state index in [0.29, 0.717) is 11.8 Å². The summed E-state index contributed by atoms with van der Waals surface area (Å²) < 4.78 is 7.04. The predicted molar refractivity (Wildman–Crippen MR) is 108 cm³/mol. The van der Waals surface area contributed by atoms with Gasteiger partial charge in [-0.3, -0.25) is 4.68 Å². The number of fused-ring (bicyclic) bond motifs is 1. The summed E-state index contributed by atoms with van der Waals surface area (Å²) in [6, 6.07) is 7.82. The quantitative estimate of drug-likeness (QED) is 0.761. The highest BCUT2D eigenvalue weighted by Crippen LogP contribution is 2.29. The molecule has 1 aliphatic heterocycles. The minimum atomic E-state index is 0.637. The highest BCUT2D eigenvalue weighted by atomic mass is 16.5. The molecule has 27 heavy (non-hydrogen) atoms. The molecule has 2 unspecified atom stereocenters. The van der Waals surface area contributed by atoms with Crippen molar-refractivity contribution in [3.05, 3.63) is 30.5 Å². The number of hydrogen-bond acceptors (Lipinski definition) is 6. The van der Waals surface area contributed by atoms with Crippen LogP contribution in [0.2, 0.25) is 0 Å². The number of aryl methyl sites for hydroxylation is 1. The minimum absolute atomic E-state index is 0.637. The van der Waals surface area contributed by atoms with Crippen LogP contribution in [0.4, 0.5) is 17.5 Å². The van der Waals surface area contributed by atoms with E-state index < -0.39 is 0 Å². The first-order valence-corrected chi connectivity index (χ1v) is 9.39. The summed E-state index contributed by atoms with van der Waals surface area (Å²) in [6.45, 7) is 6.55. The molecule has 1 aromatic carbocycles. The fourth-order valence-electron chi connectivity index (χ4n) is 3.88. The van der Waals surface area contributed by atoms with Crippen LogP contribution in [0, 0.1) is 11.8 Å². The first-order valence-electron chi connectivity index (χ1n) is 9.39. The summed E-state index contributed by atoms with van der Waals surface area (Å²) in [4.78, 5) is 12.0. The lowest BCUT2D eigenvalue weighted by atomic mass is 9.92. The molecule has 7 heteroatoms. The van der Waals surface area contributed by atoms with Crippen LogP contribution in [-0.4, -0.2) is 39.9 Å². The van der Waals surface area contributed by atoms with Crippen molar-refractivity contribution < 1.29 is 4.74 Å². The Morgan fingerprint density at radius 1 is 1.07 bits per heavy atom. The highest BCUT2D eigenvalue weighted by Gasteiger charge is 2.25. The summed E-state index contributed by atoms with van der Waals surface area (Å²) in [5.74, 6) is 3.64. The van der Waals surface area contributed by atoms with E-state index in [1.807, 2.05) is 37.5 Å². The summed E-state index contributed by atoms with van der Waals surface area (Å²) in [5.41, 5.74) is 1.79. The van der Waals surface area contributed by atoms with Gasteiger partial charge in [0.25, 0.3) is 0 Å². The molecule has 3 heterocycles. The fraction of sp³-hybridized carbons (Fsp3) is 0.450. The number of rotatable bonds is 4. The maximum absolute atomic E-state index is 5.24. The van der Waals surface area contributed by atoms with Crippen molar-refractivity contribution in [3.8, 4) is 5.75 Å². The second-order valence-corrected chi connectivity index (χ2v) is 7.58. The highest BCUT2D eigenvalue weighted by molar-refractivity contribution is 5.89. The lowest BCUT2D eigenvalue weighted by Crippen LogP contribution is -2.39. The lowest BCUT2D eigenvalue weighted by Gasteiger charge is -2.35. The van der Waals surface area contributed by atoms with Crippen LogP contribution in [0.1, 0.15) is 20.3 Å². The Morgan fingerprint density at radius 2 is 1.78 bits per heavy atom. The van der Waals surface area contributed by atoms with Crippen LogP contribution in [0.5, 0.6) is 5.75 Å². The van der Waals surface area contributed by atoms with Crippen molar-refractivity contribution in [2.45, 2.75) is 20.3 Å². The Kier molecular flexibility index (Phi) is 4.59. The van der Waals surface area contributed by atoms with Crippen molar-refractivity contribution in [2.75, 3.05) is 30.4 Å². The summed E-state index contributed by atoms with van der Waals surface area (Å²) >= 11 is 0. The zero-order chi connectivity index (χ0) is 19.0. The molecule has 1 N–H and O–H groups in total. The number of methoxy groups -OCH3 is 1. The molecule has 1 aliphatic rings. The van der Waals surface area contributed by atoms with Crippen LogP contribution < -0.4 is 15.0 Å². The van der Waals surface area contributed by atoms with Gasteiger partial charge in [-0.1, -0.05) is 13.8 Å². The third kappa shape index (κ3) is 3.54. The average Bonchev–Trinajstić information content (AvgIpc) is 3.03. The summed E-state index contributed by atoms with van der Waals surface area (Å²) in [6.07, 6.45) is 3.06.